The van der Waals surface area contributed by atoms with E-state index < -0.39 is 0 Å². The highest BCUT2D eigenvalue weighted by Crippen LogP contribution is 2.26. The van der Waals surface area contributed by atoms with Gasteiger partial charge in [0.1, 0.15) is 18.6 Å². The van der Waals surface area contributed by atoms with E-state index in [-0.39, 0.29) is 18.1 Å². The van der Waals surface area contributed by atoms with Crippen molar-refractivity contribution in [2.45, 2.75) is 13.0 Å². The van der Waals surface area contributed by atoms with E-state index >= 15 is 0 Å². The van der Waals surface area contributed by atoms with Crippen LogP contribution >= 0.6 is 0 Å². The summed E-state index contributed by atoms with van der Waals surface area (Å²) in [5, 5.41) is 6.79. The number of carbonyl (C=O) groups is 1. The molecule has 25 heavy (non-hydrogen) atoms. The summed E-state index contributed by atoms with van der Waals surface area (Å²) in [4.78, 5) is 26.0. The Morgan fingerprint density at radius 1 is 1.44 bits per heavy atom. The number of hydrogen-bond donors (Lipinski definition) is 1. The fourth-order valence-corrected chi connectivity index (χ4v) is 3.02. The second-order valence-corrected chi connectivity index (χ2v) is 6.29. The zero-order valence-corrected chi connectivity index (χ0v) is 14.5. The summed E-state index contributed by atoms with van der Waals surface area (Å²) in [7, 11) is 3.27. The van der Waals surface area contributed by atoms with E-state index in [1.54, 1.807) is 14.2 Å². The summed E-state index contributed by atoms with van der Waals surface area (Å²) in [6, 6.07) is 8.00. The molecule has 0 unspecified atom stereocenters. The van der Waals surface area contributed by atoms with E-state index in [0.29, 0.717) is 12.5 Å². The Morgan fingerprint density at radius 3 is 3.00 bits per heavy atom. The maximum absolute atomic E-state index is 12.0. The third-order valence-corrected chi connectivity index (χ3v) is 4.47. The van der Waals surface area contributed by atoms with Crippen molar-refractivity contribution in [1.29, 1.82) is 0 Å². The van der Waals surface area contributed by atoms with Crippen molar-refractivity contribution in [2.24, 2.45) is 13.0 Å². The first kappa shape index (κ1) is 17.1. The number of methoxy groups -OCH3 is 1. The largest absolute Gasteiger partial charge is 0.497 e. The predicted octanol–water partition coefficient (Wildman–Crippen LogP) is 0.233. The number of nitrogens with one attached hydrogen (secondary N) is 1. The van der Waals surface area contributed by atoms with Crippen molar-refractivity contribution in [1.82, 2.24) is 19.7 Å². The second kappa shape index (κ2) is 7.42. The van der Waals surface area contributed by atoms with Gasteiger partial charge >= 0.3 is 5.69 Å². The van der Waals surface area contributed by atoms with Gasteiger partial charge in [-0.1, -0.05) is 6.07 Å². The SMILES string of the molecule is COc1cccc(N2CC[C@H](CNC(=O)Cn3ncn(C)c3=O)C2)c1. The van der Waals surface area contributed by atoms with Crippen LogP contribution in [0.4, 0.5) is 5.69 Å². The molecule has 2 heterocycles. The minimum atomic E-state index is -0.291. The molecule has 1 saturated heterocycles. The first-order valence-electron chi connectivity index (χ1n) is 8.31. The summed E-state index contributed by atoms with van der Waals surface area (Å²) in [6.07, 6.45) is 2.42. The number of rotatable bonds is 6. The smallest absolute Gasteiger partial charge is 0.345 e. The average molecular weight is 345 g/mol. The van der Waals surface area contributed by atoms with Crippen LogP contribution < -0.4 is 20.6 Å². The van der Waals surface area contributed by atoms with Gasteiger partial charge in [-0.15, -0.1) is 0 Å². The predicted molar refractivity (Wildman–Crippen MR) is 93.8 cm³/mol. The summed E-state index contributed by atoms with van der Waals surface area (Å²) in [6.45, 7) is 2.39. The topological polar surface area (TPSA) is 81.4 Å². The summed E-state index contributed by atoms with van der Waals surface area (Å²) >= 11 is 0. The van der Waals surface area contributed by atoms with Gasteiger partial charge in [-0.2, -0.15) is 5.10 Å². The van der Waals surface area contributed by atoms with Crippen molar-refractivity contribution in [3.05, 3.63) is 41.1 Å². The molecular weight excluding hydrogens is 322 g/mol. The Kier molecular flexibility index (Phi) is 5.06. The highest BCUT2D eigenvalue weighted by atomic mass is 16.5. The average Bonchev–Trinajstić information content (AvgIpc) is 3.22. The number of anilines is 1. The number of amides is 1. The van der Waals surface area contributed by atoms with E-state index in [4.69, 9.17) is 4.74 Å². The Hall–Kier alpha value is -2.77. The summed E-state index contributed by atoms with van der Waals surface area (Å²) in [5.41, 5.74) is 0.841. The van der Waals surface area contributed by atoms with Crippen molar-refractivity contribution < 1.29 is 9.53 Å². The molecule has 2 aromatic rings. The third kappa shape index (κ3) is 4.01. The quantitative estimate of drug-likeness (QED) is 0.811. The molecule has 0 radical (unpaired) electrons. The normalized spacial score (nSPS) is 16.9. The van der Waals surface area contributed by atoms with Gasteiger partial charge in [0.25, 0.3) is 0 Å². The van der Waals surface area contributed by atoms with Gasteiger partial charge in [-0.25, -0.2) is 9.48 Å². The molecule has 0 aliphatic carbocycles. The molecule has 8 heteroatoms. The molecule has 1 aliphatic heterocycles. The van der Waals surface area contributed by atoms with Crippen molar-refractivity contribution in [3.8, 4) is 5.75 Å². The van der Waals surface area contributed by atoms with Gasteiger partial charge in [-0.3, -0.25) is 9.36 Å². The van der Waals surface area contributed by atoms with E-state index in [0.717, 1.165) is 35.6 Å². The summed E-state index contributed by atoms with van der Waals surface area (Å²) in [5.74, 6) is 1.03. The fraction of sp³-hybridized carbons (Fsp3) is 0.471. The zero-order chi connectivity index (χ0) is 17.8. The van der Waals surface area contributed by atoms with Crippen LogP contribution in [0, 0.1) is 5.92 Å². The standard InChI is InChI=1S/C17H23N5O3/c1-20-12-19-22(17(20)24)11-16(23)18-9-13-6-7-21(10-13)14-4-3-5-15(8-14)25-2/h3-5,8,12-13H,6-7,9-11H2,1-2H3,(H,18,23)/t13-/m1/s1. The molecule has 1 fully saturated rings. The van der Waals surface area contributed by atoms with E-state index in [2.05, 4.69) is 21.4 Å². The van der Waals surface area contributed by atoms with Crippen molar-refractivity contribution in [2.75, 3.05) is 31.6 Å². The molecule has 1 amide bonds. The lowest BCUT2D eigenvalue weighted by Crippen LogP contribution is -2.36. The van der Waals surface area contributed by atoms with Crippen LogP contribution in [0.3, 0.4) is 0 Å². The number of hydrogen-bond acceptors (Lipinski definition) is 5. The van der Waals surface area contributed by atoms with Crippen molar-refractivity contribution in [3.63, 3.8) is 0 Å². The van der Waals surface area contributed by atoms with Gasteiger partial charge in [-0.05, 0) is 24.5 Å². The molecule has 1 N–H and O–H groups in total. The van der Waals surface area contributed by atoms with Crippen LogP contribution in [0.1, 0.15) is 6.42 Å². The van der Waals surface area contributed by atoms with Gasteiger partial charge in [0, 0.05) is 38.4 Å². The molecule has 1 aliphatic rings. The molecule has 1 aromatic heterocycles. The molecule has 8 nitrogen and oxygen atoms in total. The van der Waals surface area contributed by atoms with Crippen LogP contribution in [-0.4, -0.2) is 47.0 Å². The first-order chi connectivity index (χ1) is 12.1. The van der Waals surface area contributed by atoms with Crippen LogP contribution in [0.2, 0.25) is 0 Å². The highest BCUT2D eigenvalue weighted by molar-refractivity contribution is 5.75. The number of nitrogens with zero attached hydrogens (tertiary/aromatic N) is 4. The van der Waals surface area contributed by atoms with Gasteiger partial charge in [0.2, 0.25) is 5.91 Å². The zero-order valence-electron chi connectivity index (χ0n) is 14.5. The molecule has 0 saturated carbocycles. The Labute approximate surface area is 146 Å². The molecule has 1 atom stereocenters. The number of ether oxygens (including phenoxy) is 1. The van der Waals surface area contributed by atoms with Gasteiger partial charge < -0.3 is 15.0 Å². The number of carbonyl (C=O) groups excluding carboxylic acids is 1. The number of aryl methyl sites for hydroxylation is 1. The second-order valence-electron chi connectivity index (χ2n) is 6.29. The Bertz CT molecular complexity index is 798. The molecule has 134 valence electrons. The maximum atomic E-state index is 12.0. The maximum Gasteiger partial charge on any atom is 0.345 e. The van der Waals surface area contributed by atoms with Crippen LogP contribution in [-0.2, 0) is 18.4 Å². The molecule has 1 aromatic carbocycles. The van der Waals surface area contributed by atoms with E-state index in [1.807, 2.05) is 18.2 Å². The fourth-order valence-electron chi connectivity index (χ4n) is 3.02. The number of aromatic nitrogens is 3. The highest BCUT2D eigenvalue weighted by Gasteiger charge is 2.23. The third-order valence-electron chi connectivity index (χ3n) is 4.47. The van der Waals surface area contributed by atoms with E-state index in [1.165, 1.54) is 10.9 Å². The van der Waals surface area contributed by atoms with E-state index in [9.17, 15) is 9.59 Å². The van der Waals surface area contributed by atoms with Crippen LogP contribution in [0.5, 0.6) is 5.75 Å². The minimum Gasteiger partial charge on any atom is -0.497 e. The molecule has 0 spiro atoms. The lowest BCUT2D eigenvalue weighted by molar-refractivity contribution is -0.122. The minimum absolute atomic E-state index is 0.0496. The van der Waals surface area contributed by atoms with Crippen LogP contribution in [0.25, 0.3) is 0 Å². The molecule has 0 bridgehead atoms. The van der Waals surface area contributed by atoms with Crippen molar-refractivity contribution >= 4 is 11.6 Å². The summed E-state index contributed by atoms with van der Waals surface area (Å²) < 4.78 is 7.77. The molecular formula is C17H23N5O3. The van der Waals surface area contributed by atoms with Crippen LogP contribution in [0.15, 0.2) is 35.4 Å². The van der Waals surface area contributed by atoms with Gasteiger partial charge in [0.05, 0.1) is 7.11 Å². The monoisotopic (exact) mass is 345 g/mol. The first-order valence-corrected chi connectivity index (χ1v) is 8.31. The Balaban J connectivity index is 1.49. The lowest BCUT2D eigenvalue weighted by atomic mass is 10.1. The Morgan fingerprint density at radius 2 is 2.28 bits per heavy atom. The lowest BCUT2D eigenvalue weighted by Gasteiger charge is -2.19. The molecule has 3 rings (SSSR count). The number of benzene rings is 1. The van der Waals surface area contributed by atoms with Gasteiger partial charge in [0.15, 0.2) is 0 Å².